The molecule has 0 saturated heterocycles. The summed E-state index contributed by atoms with van der Waals surface area (Å²) in [5.41, 5.74) is 3.36. The summed E-state index contributed by atoms with van der Waals surface area (Å²) in [6.07, 6.45) is 2.05. The van der Waals surface area contributed by atoms with E-state index in [1.165, 1.54) is 5.56 Å². The predicted molar refractivity (Wildman–Crippen MR) is 86.8 cm³/mol. The van der Waals surface area contributed by atoms with E-state index < -0.39 is 0 Å². The van der Waals surface area contributed by atoms with Crippen LogP contribution < -0.4 is 5.32 Å². The van der Waals surface area contributed by atoms with Gasteiger partial charge in [0.25, 0.3) is 0 Å². The summed E-state index contributed by atoms with van der Waals surface area (Å²) < 4.78 is 2.09. The third-order valence-electron chi connectivity index (χ3n) is 3.51. The molecule has 3 aromatic rings. The van der Waals surface area contributed by atoms with Gasteiger partial charge in [0.2, 0.25) is 5.95 Å². The van der Waals surface area contributed by atoms with Crippen LogP contribution in [0.1, 0.15) is 24.2 Å². The fourth-order valence-electron chi connectivity index (χ4n) is 2.40. The lowest BCUT2D eigenvalue weighted by atomic mass is 10.1. The first kappa shape index (κ1) is 13.4. The van der Waals surface area contributed by atoms with Crippen LogP contribution in [0.2, 0.25) is 0 Å². The van der Waals surface area contributed by atoms with Gasteiger partial charge in [-0.1, -0.05) is 48.5 Å². The van der Waals surface area contributed by atoms with Crippen molar-refractivity contribution in [3.8, 4) is 5.69 Å². The van der Waals surface area contributed by atoms with Crippen LogP contribution in [0.25, 0.3) is 5.69 Å². The molecule has 0 fully saturated rings. The van der Waals surface area contributed by atoms with E-state index in [2.05, 4.69) is 64.4 Å². The highest BCUT2D eigenvalue weighted by Crippen LogP contribution is 2.21. The number of aryl methyl sites for hydroxylation is 1. The summed E-state index contributed by atoms with van der Waals surface area (Å²) in [6.45, 7) is 4.16. The minimum absolute atomic E-state index is 0.204. The quantitative estimate of drug-likeness (QED) is 0.768. The van der Waals surface area contributed by atoms with Crippen molar-refractivity contribution in [1.29, 1.82) is 0 Å². The van der Waals surface area contributed by atoms with Crippen LogP contribution >= 0.6 is 0 Å². The fourth-order valence-corrected chi connectivity index (χ4v) is 2.40. The normalized spacial score (nSPS) is 12.1. The minimum Gasteiger partial charge on any atom is -0.349 e. The van der Waals surface area contributed by atoms with Crippen molar-refractivity contribution in [2.24, 2.45) is 0 Å². The van der Waals surface area contributed by atoms with Gasteiger partial charge in [0.1, 0.15) is 0 Å². The van der Waals surface area contributed by atoms with E-state index in [-0.39, 0.29) is 6.04 Å². The Morgan fingerprint density at radius 2 is 1.57 bits per heavy atom. The smallest absolute Gasteiger partial charge is 0.208 e. The van der Waals surface area contributed by atoms with Crippen LogP contribution in [-0.4, -0.2) is 9.55 Å². The molecule has 0 amide bonds. The molecule has 1 unspecified atom stereocenters. The molecule has 1 heterocycles. The van der Waals surface area contributed by atoms with Gasteiger partial charge in [0, 0.05) is 11.9 Å². The van der Waals surface area contributed by atoms with E-state index in [4.69, 9.17) is 0 Å². The lowest BCUT2D eigenvalue weighted by Crippen LogP contribution is -2.10. The number of aromatic nitrogens is 2. The number of hydrogen-bond donors (Lipinski definition) is 1. The maximum atomic E-state index is 4.60. The molecule has 1 N–H and O–H groups in total. The second-order valence-corrected chi connectivity index (χ2v) is 5.19. The number of anilines is 1. The number of rotatable bonds is 4. The molecule has 106 valence electrons. The van der Waals surface area contributed by atoms with Gasteiger partial charge in [-0.3, -0.25) is 4.57 Å². The molecule has 0 radical (unpaired) electrons. The maximum Gasteiger partial charge on any atom is 0.208 e. The molecule has 1 aromatic heterocycles. The summed E-state index contributed by atoms with van der Waals surface area (Å²) >= 11 is 0. The first-order chi connectivity index (χ1) is 10.2. The number of para-hydroxylation sites is 1. The molecule has 3 nitrogen and oxygen atoms in total. The number of benzene rings is 2. The van der Waals surface area contributed by atoms with E-state index in [1.54, 1.807) is 0 Å². The van der Waals surface area contributed by atoms with Gasteiger partial charge in [-0.15, -0.1) is 0 Å². The monoisotopic (exact) mass is 277 g/mol. The third kappa shape index (κ3) is 2.97. The Morgan fingerprint density at radius 1 is 0.952 bits per heavy atom. The Hall–Kier alpha value is -2.55. The summed E-state index contributed by atoms with van der Waals surface area (Å²) in [5, 5.41) is 3.50. The van der Waals surface area contributed by atoms with Crippen molar-refractivity contribution in [1.82, 2.24) is 9.55 Å². The lowest BCUT2D eigenvalue weighted by Gasteiger charge is -2.16. The van der Waals surface area contributed by atoms with E-state index in [0.29, 0.717) is 0 Å². The molecule has 0 aliphatic carbocycles. The number of nitrogens with zero attached hydrogens (tertiary/aromatic N) is 2. The second kappa shape index (κ2) is 5.83. The van der Waals surface area contributed by atoms with Crippen molar-refractivity contribution in [2.75, 3.05) is 5.32 Å². The van der Waals surface area contributed by atoms with Crippen molar-refractivity contribution in [3.63, 3.8) is 0 Å². The molecule has 1 atom stereocenters. The molecule has 0 saturated carbocycles. The van der Waals surface area contributed by atoms with E-state index in [1.807, 2.05) is 31.2 Å². The highest BCUT2D eigenvalue weighted by Gasteiger charge is 2.11. The first-order valence-corrected chi connectivity index (χ1v) is 7.17. The highest BCUT2D eigenvalue weighted by molar-refractivity contribution is 5.44. The summed E-state index contributed by atoms with van der Waals surface area (Å²) in [7, 11) is 0. The van der Waals surface area contributed by atoms with E-state index in [0.717, 1.165) is 17.3 Å². The van der Waals surface area contributed by atoms with Gasteiger partial charge in [-0.2, -0.15) is 0 Å². The van der Waals surface area contributed by atoms with Crippen LogP contribution in [0, 0.1) is 6.92 Å². The molecule has 0 aliphatic heterocycles. The summed E-state index contributed by atoms with van der Waals surface area (Å²) in [5.74, 6) is 0.870. The van der Waals surface area contributed by atoms with Crippen molar-refractivity contribution < 1.29 is 0 Å². The zero-order valence-electron chi connectivity index (χ0n) is 12.3. The van der Waals surface area contributed by atoms with Gasteiger partial charge in [0.15, 0.2) is 0 Å². The Kier molecular flexibility index (Phi) is 3.73. The summed E-state index contributed by atoms with van der Waals surface area (Å²) in [6, 6.07) is 20.9. The molecule has 0 bridgehead atoms. The Bertz CT molecular complexity index is 702. The Morgan fingerprint density at radius 3 is 2.24 bits per heavy atom. The maximum absolute atomic E-state index is 4.60. The topological polar surface area (TPSA) is 29.9 Å². The van der Waals surface area contributed by atoms with E-state index in [9.17, 15) is 0 Å². The Labute approximate surface area is 125 Å². The van der Waals surface area contributed by atoms with Crippen LogP contribution in [0.15, 0.2) is 66.9 Å². The first-order valence-electron chi connectivity index (χ1n) is 7.17. The van der Waals surface area contributed by atoms with Gasteiger partial charge >= 0.3 is 0 Å². The molecule has 2 aromatic carbocycles. The number of imidazole rings is 1. The van der Waals surface area contributed by atoms with Crippen molar-refractivity contribution in [3.05, 3.63) is 78.1 Å². The number of hydrogen-bond acceptors (Lipinski definition) is 2. The summed E-state index contributed by atoms with van der Waals surface area (Å²) in [4.78, 5) is 4.60. The average molecular weight is 277 g/mol. The lowest BCUT2D eigenvalue weighted by molar-refractivity contribution is 0.851. The van der Waals surface area contributed by atoms with E-state index >= 15 is 0 Å². The van der Waals surface area contributed by atoms with Crippen molar-refractivity contribution >= 4 is 5.95 Å². The third-order valence-corrected chi connectivity index (χ3v) is 3.51. The zero-order chi connectivity index (χ0) is 14.7. The van der Waals surface area contributed by atoms with Crippen LogP contribution in [-0.2, 0) is 0 Å². The molecular weight excluding hydrogens is 258 g/mol. The van der Waals surface area contributed by atoms with Crippen molar-refractivity contribution in [2.45, 2.75) is 19.9 Å². The number of nitrogens with one attached hydrogen (secondary N) is 1. The van der Waals surface area contributed by atoms with Gasteiger partial charge in [-0.05, 0) is 31.5 Å². The van der Waals surface area contributed by atoms with Crippen LogP contribution in [0.3, 0.4) is 0 Å². The Balaban J connectivity index is 1.90. The molecule has 21 heavy (non-hydrogen) atoms. The van der Waals surface area contributed by atoms with Gasteiger partial charge in [0.05, 0.1) is 11.7 Å². The van der Waals surface area contributed by atoms with Gasteiger partial charge in [-0.25, -0.2) is 4.98 Å². The molecular formula is C18H19N3. The minimum atomic E-state index is 0.204. The predicted octanol–water partition coefficient (Wildman–Crippen LogP) is 4.35. The van der Waals surface area contributed by atoms with Crippen LogP contribution in [0.5, 0.6) is 0 Å². The average Bonchev–Trinajstić information content (AvgIpc) is 2.89. The fraction of sp³-hybridized carbons (Fsp3) is 0.167. The van der Waals surface area contributed by atoms with Gasteiger partial charge < -0.3 is 5.32 Å². The standard InChI is InChI=1S/C18H19N3/c1-14-13-21(17-11-7-4-8-12-17)18(19-14)20-15(2)16-9-5-3-6-10-16/h3-13,15H,1-2H3,(H,19,20). The zero-order valence-corrected chi connectivity index (χ0v) is 12.3. The SMILES string of the molecule is Cc1cn(-c2ccccc2)c(NC(C)c2ccccc2)n1. The molecule has 0 aliphatic rings. The molecule has 3 heteroatoms. The molecule has 3 rings (SSSR count). The second-order valence-electron chi connectivity index (χ2n) is 5.19. The largest absolute Gasteiger partial charge is 0.349 e. The van der Waals surface area contributed by atoms with Crippen LogP contribution in [0.4, 0.5) is 5.95 Å². The molecule has 0 spiro atoms. The highest BCUT2D eigenvalue weighted by atomic mass is 15.2.